The van der Waals surface area contributed by atoms with E-state index in [0.29, 0.717) is 38.0 Å². The number of nitrogens with zero attached hydrogens (tertiary/aromatic N) is 1. The van der Waals surface area contributed by atoms with Crippen molar-refractivity contribution in [3.8, 4) is 5.75 Å². The fourth-order valence-corrected chi connectivity index (χ4v) is 3.84. The summed E-state index contributed by atoms with van der Waals surface area (Å²) in [6, 6.07) is 11.0. The van der Waals surface area contributed by atoms with Crippen molar-refractivity contribution in [3.05, 3.63) is 65.2 Å². The minimum absolute atomic E-state index is 0.0740. The van der Waals surface area contributed by atoms with Crippen LogP contribution < -0.4 is 5.32 Å². The number of hydrogen-bond acceptors (Lipinski definition) is 3. The van der Waals surface area contributed by atoms with E-state index in [4.69, 9.17) is 5.11 Å². The summed E-state index contributed by atoms with van der Waals surface area (Å²) >= 11 is 0. The molecule has 1 unspecified atom stereocenters. The quantitative estimate of drug-likeness (QED) is 0.644. The van der Waals surface area contributed by atoms with Gasteiger partial charge >= 0.3 is 6.18 Å². The SMILES string of the molecule is O=C1CCCN1Cc1ccc(C(F)(F)F)cc1.Oc1ccc(C2CCNCC2(F)F)cc1. The molecule has 174 valence electrons. The van der Waals surface area contributed by atoms with Gasteiger partial charge in [-0.15, -0.1) is 0 Å². The Balaban J connectivity index is 0.000000182. The molecule has 4 nitrogen and oxygen atoms in total. The summed E-state index contributed by atoms with van der Waals surface area (Å²) in [4.78, 5) is 13.0. The number of aromatic hydroxyl groups is 1. The summed E-state index contributed by atoms with van der Waals surface area (Å²) in [6.45, 7) is 1.44. The van der Waals surface area contributed by atoms with Crippen LogP contribution in [0.1, 0.15) is 41.9 Å². The Morgan fingerprint density at radius 2 is 1.72 bits per heavy atom. The number of nitrogens with one attached hydrogen (secondary N) is 1. The van der Waals surface area contributed by atoms with Gasteiger partial charge in [-0.2, -0.15) is 13.2 Å². The van der Waals surface area contributed by atoms with Crippen molar-refractivity contribution in [2.45, 2.75) is 43.8 Å². The van der Waals surface area contributed by atoms with E-state index >= 15 is 0 Å². The van der Waals surface area contributed by atoms with Gasteiger partial charge in [0.15, 0.2) is 0 Å². The Hall–Kier alpha value is -2.68. The average Bonchev–Trinajstić information content (AvgIpc) is 3.13. The van der Waals surface area contributed by atoms with Crippen molar-refractivity contribution in [1.29, 1.82) is 0 Å². The van der Waals surface area contributed by atoms with E-state index in [1.165, 1.54) is 24.3 Å². The lowest BCUT2D eigenvalue weighted by Crippen LogP contribution is -2.44. The van der Waals surface area contributed by atoms with E-state index in [1.807, 2.05) is 0 Å². The Bertz CT molecular complexity index is 898. The average molecular weight is 456 g/mol. The highest BCUT2D eigenvalue weighted by Gasteiger charge is 2.42. The molecule has 0 spiro atoms. The van der Waals surface area contributed by atoms with Gasteiger partial charge in [-0.25, -0.2) is 8.78 Å². The van der Waals surface area contributed by atoms with Crippen LogP contribution in [0, 0.1) is 0 Å². The highest BCUT2D eigenvalue weighted by molar-refractivity contribution is 5.78. The molecule has 2 aromatic rings. The fraction of sp³-hybridized carbons (Fsp3) is 0.435. The van der Waals surface area contributed by atoms with Crippen LogP contribution in [0.4, 0.5) is 22.0 Å². The second kappa shape index (κ2) is 9.85. The van der Waals surface area contributed by atoms with Gasteiger partial charge in [0.05, 0.1) is 18.0 Å². The Morgan fingerprint density at radius 1 is 1.06 bits per heavy atom. The predicted molar refractivity (Wildman–Crippen MR) is 109 cm³/mol. The van der Waals surface area contributed by atoms with Gasteiger partial charge in [-0.3, -0.25) is 4.79 Å². The van der Waals surface area contributed by atoms with E-state index in [0.717, 1.165) is 24.1 Å². The molecule has 2 heterocycles. The number of alkyl halides is 5. The number of rotatable bonds is 3. The third-order valence-electron chi connectivity index (χ3n) is 5.60. The second-order valence-corrected chi connectivity index (χ2v) is 7.98. The zero-order valence-corrected chi connectivity index (χ0v) is 17.3. The Kier molecular flexibility index (Phi) is 7.38. The van der Waals surface area contributed by atoms with Crippen molar-refractivity contribution in [2.24, 2.45) is 0 Å². The molecule has 2 fully saturated rings. The topological polar surface area (TPSA) is 52.6 Å². The summed E-state index contributed by atoms with van der Waals surface area (Å²) in [7, 11) is 0. The van der Waals surface area contributed by atoms with Gasteiger partial charge in [0.2, 0.25) is 5.91 Å². The van der Waals surface area contributed by atoms with Gasteiger partial charge in [0.1, 0.15) is 5.75 Å². The van der Waals surface area contributed by atoms with Crippen LogP contribution in [-0.4, -0.2) is 41.5 Å². The molecule has 0 radical (unpaired) electrons. The lowest BCUT2D eigenvalue weighted by atomic mass is 9.87. The summed E-state index contributed by atoms with van der Waals surface area (Å²) < 4.78 is 64.0. The largest absolute Gasteiger partial charge is 0.508 e. The lowest BCUT2D eigenvalue weighted by Gasteiger charge is -2.32. The number of amides is 1. The Labute approximate surface area is 183 Å². The number of phenols is 1. The molecule has 2 saturated heterocycles. The predicted octanol–water partition coefficient (Wildman–Crippen LogP) is 4.93. The molecule has 0 saturated carbocycles. The monoisotopic (exact) mass is 456 g/mol. The van der Waals surface area contributed by atoms with Crippen LogP contribution in [0.25, 0.3) is 0 Å². The molecule has 9 heteroatoms. The second-order valence-electron chi connectivity index (χ2n) is 7.98. The van der Waals surface area contributed by atoms with Crippen LogP contribution >= 0.6 is 0 Å². The van der Waals surface area contributed by atoms with Gasteiger partial charge in [0.25, 0.3) is 5.92 Å². The molecule has 1 atom stereocenters. The van der Waals surface area contributed by atoms with E-state index in [9.17, 15) is 26.7 Å². The number of benzene rings is 2. The van der Waals surface area contributed by atoms with Crippen molar-refractivity contribution in [3.63, 3.8) is 0 Å². The zero-order chi connectivity index (χ0) is 23.4. The molecule has 2 aliphatic heterocycles. The maximum absolute atomic E-state index is 13.5. The van der Waals surface area contributed by atoms with E-state index < -0.39 is 23.6 Å². The standard InChI is InChI=1S/C12H12F3NO.C11H13F2NO/c13-12(14,15)10-5-3-9(4-6-10)8-16-7-1-2-11(16)17;12-11(13)7-14-6-5-10(11)8-1-3-9(15)4-2-8/h3-6H,1-2,7-8H2;1-4,10,14-15H,5-7H2. The molecule has 2 aromatic carbocycles. The van der Waals surface area contributed by atoms with E-state index in [-0.39, 0.29) is 18.2 Å². The van der Waals surface area contributed by atoms with Gasteiger partial charge < -0.3 is 15.3 Å². The van der Waals surface area contributed by atoms with Crippen LogP contribution in [-0.2, 0) is 17.5 Å². The van der Waals surface area contributed by atoms with Crippen molar-refractivity contribution in [1.82, 2.24) is 10.2 Å². The lowest BCUT2D eigenvalue weighted by molar-refractivity contribution is -0.137. The molecule has 0 bridgehead atoms. The first-order valence-electron chi connectivity index (χ1n) is 10.4. The molecule has 0 aliphatic carbocycles. The number of halogens is 5. The minimum atomic E-state index is -4.30. The van der Waals surface area contributed by atoms with Gasteiger partial charge in [-0.05, 0) is 54.8 Å². The van der Waals surface area contributed by atoms with E-state index in [2.05, 4.69) is 5.32 Å². The van der Waals surface area contributed by atoms with E-state index in [1.54, 1.807) is 17.0 Å². The zero-order valence-electron chi connectivity index (χ0n) is 17.3. The molecule has 32 heavy (non-hydrogen) atoms. The molecule has 0 aromatic heterocycles. The maximum Gasteiger partial charge on any atom is 0.416 e. The molecule has 2 aliphatic rings. The van der Waals surface area contributed by atoms with Crippen LogP contribution in [0.2, 0.25) is 0 Å². The Morgan fingerprint density at radius 3 is 2.25 bits per heavy atom. The number of hydrogen-bond donors (Lipinski definition) is 2. The summed E-state index contributed by atoms with van der Waals surface area (Å²) in [5.74, 6) is -3.25. The summed E-state index contributed by atoms with van der Waals surface area (Å²) in [6.07, 6.45) is -2.50. The molecular formula is C23H25F5N2O2. The van der Waals surface area contributed by atoms with Crippen molar-refractivity contribution >= 4 is 5.91 Å². The number of carbonyl (C=O) groups is 1. The first kappa shape index (κ1) is 24.0. The highest BCUT2D eigenvalue weighted by atomic mass is 19.4. The minimum Gasteiger partial charge on any atom is -0.508 e. The molecular weight excluding hydrogens is 431 g/mol. The van der Waals surface area contributed by atoms with Crippen molar-refractivity contribution in [2.75, 3.05) is 19.6 Å². The third-order valence-corrected chi connectivity index (χ3v) is 5.60. The number of likely N-dealkylation sites (tertiary alicyclic amines) is 1. The van der Waals surface area contributed by atoms with Crippen LogP contribution in [0.15, 0.2) is 48.5 Å². The number of carbonyl (C=O) groups excluding carboxylic acids is 1. The van der Waals surface area contributed by atoms with Crippen LogP contribution in [0.3, 0.4) is 0 Å². The van der Waals surface area contributed by atoms with Crippen LogP contribution in [0.5, 0.6) is 5.75 Å². The first-order valence-corrected chi connectivity index (χ1v) is 10.4. The third kappa shape index (κ3) is 6.18. The molecule has 4 rings (SSSR count). The smallest absolute Gasteiger partial charge is 0.416 e. The van der Waals surface area contributed by atoms with Gasteiger partial charge in [0, 0.05) is 19.5 Å². The first-order chi connectivity index (χ1) is 15.1. The maximum atomic E-state index is 13.5. The molecule has 1 amide bonds. The highest BCUT2D eigenvalue weighted by Crippen LogP contribution is 2.38. The van der Waals surface area contributed by atoms with Crippen molar-refractivity contribution < 1.29 is 31.9 Å². The normalized spacial score (nSPS) is 20.6. The van der Waals surface area contributed by atoms with Gasteiger partial charge in [-0.1, -0.05) is 24.3 Å². The summed E-state index contributed by atoms with van der Waals surface area (Å²) in [5.41, 5.74) is 0.668. The summed E-state index contributed by atoms with van der Waals surface area (Å²) in [5, 5.41) is 11.8. The fourth-order valence-electron chi connectivity index (χ4n) is 3.84. The molecule has 2 N–H and O–H groups in total. The number of piperidine rings is 1. The number of phenolic OH excluding ortho intramolecular Hbond substituents is 1.